The van der Waals surface area contributed by atoms with Crippen LogP contribution in [0.25, 0.3) is 0 Å². The minimum atomic E-state index is 0.619. The quantitative estimate of drug-likeness (QED) is 0.753. The van der Waals surface area contributed by atoms with Crippen LogP contribution >= 0.6 is 15.9 Å². The first-order chi connectivity index (χ1) is 8.02. The zero-order chi connectivity index (χ0) is 12.8. The Hall–Kier alpha value is -0.640. The molecule has 0 fully saturated rings. The van der Waals surface area contributed by atoms with Gasteiger partial charge in [0, 0.05) is 30.8 Å². The molecule has 0 aliphatic carbocycles. The fourth-order valence-electron chi connectivity index (χ4n) is 1.70. The highest BCUT2D eigenvalue weighted by molar-refractivity contribution is 9.08. The molecule has 1 rings (SSSR count). The highest BCUT2D eigenvalue weighted by atomic mass is 79.9. The third-order valence-electron chi connectivity index (χ3n) is 2.30. The van der Waals surface area contributed by atoms with Crippen LogP contribution in [-0.4, -0.2) is 23.1 Å². The summed E-state index contributed by atoms with van der Waals surface area (Å²) in [7, 11) is 0. The fourth-order valence-corrected chi connectivity index (χ4v) is 1.99. The molecule has 0 N–H and O–H groups in total. The van der Waals surface area contributed by atoms with Crippen LogP contribution in [0.1, 0.15) is 33.3 Å². The zero-order valence-electron chi connectivity index (χ0n) is 11.2. The van der Waals surface area contributed by atoms with E-state index in [1.165, 1.54) is 0 Å². The van der Waals surface area contributed by atoms with Crippen molar-refractivity contribution in [2.45, 2.75) is 33.0 Å². The molecule has 17 heavy (non-hydrogen) atoms. The van der Waals surface area contributed by atoms with Gasteiger partial charge in [-0.3, -0.25) is 0 Å². The Labute approximate surface area is 113 Å². The molecular formula is C13H22BrN3. The molecule has 0 saturated heterocycles. The first-order valence-corrected chi connectivity index (χ1v) is 7.27. The second-order valence-electron chi connectivity index (χ2n) is 5.22. The molecular weight excluding hydrogens is 278 g/mol. The Morgan fingerprint density at radius 1 is 1.06 bits per heavy atom. The van der Waals surface area contributed by atoms with Gasteiger partial charge in [-0.15, -0.1) is 0 Å². The maximum atomic E-state index is 4.44. The lowest BCUT2D eigenvalue weighted by Crippen LogP contribution is -2.32. The second kappa shape index (κ2) is 6.94. The summed E-state index contributed by atoms with van der Waals surface area (Å²) in [6.45, 7) is 10.9. The third-order valence-corrected chi connectivity index (χ3v) is 2.95. The van der Waals surface area contributed by atoms with E-state index in [1.807, 2.05) is 12.4 Å². The molecule has 0 aliphatic rings. The second-order valence-corrected chi connectivity index (χ2v) is 5.78. The van der Waals surface area contributed by atoms with Crippen LogP contribution in [0.5, 0.6) is 0 Å². The van der Waals surface area contributed by atoms with Crippen molar-refractivity contribution in [3.8, 4) is 0 Å². The molecule has 1 aromatic rings. The Balaban J connectivity index is 2.79. The maximum absolute atomic E-state index is 4.44. The molecule has 0 aromatic carbocycles. The van der Waals surface area contributed by atoms with E-state index in [-0.39, 0.29) is 0 Å². The van der Waals surface area contributed by atoms with E-state index in [9.17, 15) is 0 Å². The molecule has 0 amide bonds. The number of alkyl halides is 1. The van der Waals surface area contributed by atoms with Crippen LogP contribution in [0.4, 0.5) is 5.95 Å². The van der Waals surface area contributed by atoms with E-state index in [0.717, 1.165) is 29.9 Å². The van der Waals surface area contributed by atoms with Crippen LogP contribution < -0.4 is 4.90 Å². The third kappa shape index (κ3) is 5.02. The van der Waals surface area contributed by atoms with Crippen LogP contribution in [-0.2, 0) is 5.33 Å². The van der Waals surface area contributed by atoms with Crippen LogP contribution in [0.15, 0.2) is 12.4 Å². The van der Waals surface area contributed by atoms with Crippen molar-refractivity contribution >= 4 is 21.9 Å². The van der Waals surface area contributed by atoms with Gasteiger partial charge in [0.05, 0.1) is 0 Å². The largest absolute Gasteiger partial charge is 0.340 e. The van der Waals surface area contributed by atoms with E-state index in [2.05, 4.69) is 58.5 Å². The van der Waals surface area contributed by atoms with Crippen molar-refractivity contribution in [1.29, 1.82) is 0 Å². The molecule has 0 unspecified atom stereocenters. The van der Waals surface area contributed by atoms with Gasteiger partial charge in [0.2, 0.25) is 5.95 Å². The zero-order valence-corrected chi connectivity index (χ0v) is 12.7. The Kier molecular flexibility index (Phi) is 5.89. The van der Waals surface area contributed by atoms with Gasteiger partial charge in [0.1, 0.15) is 0 Å². The van der Waals surface area contributed by atoms with Crippen molar-refractivity contribution in [1.82, 2.24) is 9.97 Å². The molecule has 0 saturated carbocycles. The average Bonchev–Trinajstić information content (AvgIpc) is 2.27. The molecule has 0 radical (unpaired) electrons. The van der Waals surface area contributed by atoms with Gasteiger partial charge in [-0.2, -0.15) is 0 Å². The summed E-state index contributed by atoms with van der Waals surface area (Å²) in [6.07, 6.45) is 3.79. The molecule has 3 nitrogen and oxygen atoms in total. The average molecular weight is 300 g/mol. The summed E-state index contributed by atoms with van der Waals surface area (Å²) < 4.78 is 0. The number of hydrogen-bond acceptors (Lipinski definition) is 3. The van der Waals surface area contributed by atoms with Crippen LogP contribution in [0.3, 0.4) is 0 Å². The van der Waals surface area contributed by atoms with Crippen molar-refractivity contribution in [2.24, 2.45) is 11.8 Å². The molecule has 4 heteroatoms. The topological polar surface area (TPSA) is 29.0 Å². The van der Waals surface area contributed by atoms with Crippen LogP contribution in [0, 0.1) is 11.8 Å². The molecule has 96 valence electrons. The lowest BCUT2D eigenvalue weighted by atomic mass is 10.1. The number of rotatable bonds is 6. The lowest BCUT2D eigenvalue weighted by Gasteiger charge is -2.26. The number of hydrogen-bond donors (Lipinski definition) is 0. The molecule has 1 heterocycles. The van der Waals surface area contributed by atoms with Crippen molar-refractivity contribution in [3.05, 3.63) is 18.0 Å². The fraction of sp³-hybridized carbons (Fsp3) is 0.692. The smallest absolute Gasteiger partial charge is 0.225 e. The van der Waals surface area contributed by atoms with E-state index in [1.54, 1.807) is 0 Å². The summed E-state index contributed by atoms with van der Waals surface area (Å²) in [4.78, 5) is 11.2. The van der Waals surface area contributed by atoms with Crippen molar-refractivity contribution in [2.75, 3.05) is 18.0 Å². The lowest BCUT2D eigenvalue weighted by molar-refractivity contribution is 0.544. The van der Waals surface area contributed by atoms with E-state index in [0.29, 0.717) is 11.8 Å². The molecule has 0 spiro atoms. The molecule has 1 aromatic heterocycles. The number of aromatic nitrogens is 2. The number of nitrogens with zero attached hydrogens (tertiary/aromatic N) is 3. The SMILES string of the molecule is CC(C)CN(CC(C)C)c1ncc(CBr)cn1. The van der Waals surface area contributed by atoms with E-state index >= 15 is 0 Å². The van der Waals surface area contributed by atoms with E-state index < -0.39 is 0 Å². The van der Waals surface area contributed by atoms with Crippen molar-refractivity contribution in [3.63, 3.8) is 0 Å². The minimum Gasteiger partial charge on any atom is -0.340 e. The standard InChI is InChI=1S/C13H22BrN3/c1-10(2)8-17(9-11(3)4)13-15-6-12(5-14)7-16-13/h6-7,10-11H,5,8-9H2,1-4H3. The van der Waals surface area contributed by atoms with Gasteiger partial charge in [-0.05, 0) is 17.4 Å². The Morgan fingerprint density at radius 2 is 1.53 bits per heavy atom. The van der Waals surface area contributed by atoms with E-state index in [4.69, 9.17) is 0 Å². The predicted molar refractivity (Wildman–Crippen MR) is 76.6 cm³/mol. The van der Waals surface area contributed by atoms with Gasteiger partial charge >= 0.3 is 0 Å². The monoisotopic (exact) mass is 299 g/mol. The Morgan fingerprint density at radius 3 is 1.88 bits per heavy atom. The van der Waals surface area contributed by atoms with Crippen LogP contribution in [0.2, 0.25) is 0 Å². The summed E-state index contributed by atoms with van der Waals surface area (Å²) in [5.41, 5.74) is 1.11. The first kappa shape index (κ1) is 14.4. The highest BCUT2D eigenvalue weighted by Gasteiger charge is 2.12. The summed E-state index contributed by atoms with van der Waals surface area (Å²) in [5.74, 6) is 2.08. The van der Waals surface area contributed by atoms with Gasteiger partial charge in [0.15, 0.2) is 0 Å². The van der Waals surface area contributed by atoms with Gasteiger partial charge in [-0.25, -0.2) is 9.97 Å². The summed E-state index contributed by atoms with van der Waals surface area (Å²) in [5, 5.41) is 0.807. The van der Waals surface area contributed by atoms with Gasteiger partial charge in [-0.1, -0.05) is 43.6 Å². The number of anilines is 1. The Bertz CT molecular complexity index is 312. The predicted octanol–water partition coefficient (Wildman–Crippen LogP) is 3.49. The van der Waals surface area contributed by atoms with Gasteiger partial charge in [0.25, 0.3) is 0 Å². The molecule has 0 bridgehead atoms. The van der Waals surface area contributed by atoms with Crippen molar-refractivity contribution < 1.29 is 0 Å². The summed E-state index contributed by atoms with van der Waals surface area (Å²) in [6, 6.07) is 0. The highest BCUT2D eigenvalue weighted by Crippen LogP contribution is 2.13. The summed E-state index contributed by atoms with van der Waals surface area (Å²) >= 11 is 3.41. The molecule has 0 aliphatic heterocycles. The molecule has 0 atom stereocenters. The number of halogens is 1. The van der Waals surface area contributed by atoms with Gasteiger partial charge < -0.3 is 4.90 Å². The first-order valence-electron chi connectivity index (χ1n) is 6.14. The minimum absolute atomic E-state index is 0.619. The normalized spacial score (nSPS) is 11.2. The maximum Gasteiger partial charge on any atom is 0.225 e.